The molecule has 10 heteroatoms. The number of ether oxygens (including phenoxy) is 2. The number of carbonyl (C=O) groups excluding carboxylic acids is 2. The van der Waals surface area contributed by atoms with E-state index in [4.69, 9.17) is 24.3 Å². The minimum absolute atomic E-state index is 0.0564. The van der Waals surface area contributed by atoms with Crippen LogP contribution in [0.4, 0.5) is 0 Å². The second-order valence-electron chi connectivity index (χ2n) is 9.98. The first kappa shape index (κ1) is 37.0. The molecule has 1 unspecified atom stereocenters. The number of carbonyl (C=O) groups is 2. The van der Waals surface area contributed by atoms with Crippen molar-refractivity contribution < 1.29 is 37.6 Å². The zero-order valence-corrected chi connectivity index (χ0v) is 25.1. The van der Waals surface area contributed by atoms with E-state index in [9.17, 15) is 19.0 Å². The normalized spacial score (nSPS) is 13.7. The van der Waals surface area contributed by atoms with E-state index in [-0.39, 0.29) is 38.6 Å². The number of phosphoric acid groups is 1. The van der Waals surface area contributed by atoms with E-state index in [2.05, 4.69) is 13.8 Å². The van der Waals surface area contributed by atoms with Crippen LogP contribution < -0.4 is 5.73 Å². The highest BCUT2D eigenvalue weighted by Gasteiger charge is 2.25. The van der Waals surface area contributed by atoms with Crippen molar-refractivity contribution in [2.24, 2.45) is 5.73 Å². The fourth-order valence-electron chi connectivity index (χ4n) is 3.98. The van der Waals surface area contributed by atoms with Gasteiger partial charge in [-0.15, -0.1) is 0 Å². The molecule has 9 nitrogen and oxygen atoms in total. The van der Waals surface area contributed by atoms with Crippen molar-refractivity contribution >= 4 is 19.8 Å². The van der Waals surface area contributed by atoms with E-state index in [0.29, 0.717) is 6.42 Å². The molecule has 226 valence electrons. The predicted molar refractivity (Wildman–Crippen MR) is 151 cm³/mol. The topological polar surface area (TPSA) is 134 Å². The Kier molecular flexibility index (Phi) is 25.6. The number of phosphoric ester groups is 1. The number of esters is 2. The minimum atomic E-state index is -4.34. The Balaban J connectivity index is 4.15. The molecule has 0 amide bonds. The molecule has 0 spiro atoms. The highest BCUT2D eigenvalue weighted by atomic mass is 31.2. The Morgan fingerprint density at radius 2 is 1.13 bits per heavy atom. The lowest BCUT2D eigenvalue weighted by molar-refractivity contribution is -0.161. The first-order chi connectivity index (χ1) is 18.3. The maximum absolute atomic E-state index is 12.2. The summed E-state index contributed by atoms with van der Waals surface area (Å²) in [5.41, 5.74) is 5.28. The van der Waals surface area contributed by atoms with Crippen molar-refractivity contribution in [2.75, 3.05) is 26.4 Å². The molecular weight excluding hydrogens is 509 g/mol. The Bertz CT molecular complexity index is 620. The van der Waals surface area contributed by atoms with Crippen molar-refractivity contribution in [1.29, 1.82) is 0 Å². The van der Waals surface area contributed by atoms with Crippen LogP contribution in [-0.2, 0) is 32.7 Å². The van der Waals surface area contributed by atoms with Gasteiger partial charge in [-0.05, 0) is 12.8 Å². The van der Waals surface area contributed by atoms with E-state index in [1.165, 1.54) is 64.2 Å². The smallest absolute Gasteiger partial charge is 0.462 e. The minimum Gasteiger partial charge on any atom is -0.462 e. The molecule has 3 N–H and O–H groups in total. The number of hydrogen-bond donors (Lipinski definition) is 2. The van der Waals surface area contributed by atoms with Gasteiger partial charge in [0.1, 0.15) is 6.61 Å². The van der Waals surface area contributed by atoms with Gasteiger partial charge in [0.15, 0.2) is 6.10 Å². The van der Waals surface area contributed by atoms with Crippen LogP contribution >= 0.6 is 7.82 Å². The lowest BCUT2D eigenvalue weighted by atomic mass is 10.0. The maximum Gasteiger partial charge on any atom is 0.472 e. The third-order valence-corrected chi connectivity index (χ3v) is 7.23. The summed E-state index contributed by atoms with van der Waals surface area (Å²) < 4.78 is 32.1. The van der Waals surface area contributed by atoms with Gasteiger partial charge >= 0.3 is 19.8 Å². The molecule has 2 atom stereocenters. The second kappa shape index (κ2) is 26.2. The Morgan fingerprint density at radius 3 is 1.63 bits per heavy atom. The van der Waals surface area contributed by atoms with Gasteiger partial charge in [0.2, 0.25) is 0 Å². The molecule has 0 rings (SSSR count). The van der Waals surface area contributed by atoms with Crippen LogP contribution in [0.1, 0.15) is 136 Å². The van der Waals surface area contributed by atoms with E-state index >= 15 is 0 Å². The van der Waals surface area contributed by atoms with Gasteiger partial charge in [-0.3, -0.25) is 18.6 Å². The maximum atomic E-state index is 12.2. The molecule has 0 aromatic heterocycles. The van der Waals surface area contributed by atoms with Crippen LogP contribution in [0.25, 0.3) is 0 Å². The molecule has 0 fully saturated rings. The van der Waals surface area contributed by atoms with Gasteiger partial charge in [-0.25, -0.2) is 4.57 Å². The molecule has 0 aromatic rings. The highest BCUT2D eigenvalue weighted by molar-refractivity contribution is 7.47. The fraction of sp³-hybridized carbons (Fsp3) is 0.929. The van der Waals surface area contributed by atoms with Gasteiger partial charge in [-0.1, -0.05) is 110 Å². The number of hydrogen-bond acceptors (Lipinski definition) is 8. The fourth-order valence-corrected chi connectivity index (χ4v) is 4.75. The van der Waals surface area contributed by atoms with Gasteiger partial charge < -0.3 is 20.1 Å². The van der Waals surface area contributed by atoms with E-state index in [1.54, 1.807) is 0 Å². The van der Waals surface area contributed by atoms with Crippen molar-refractivity contribution in [1.82, 2.24) is 0 Å². The second-order valence-corrected chi connectivity index (χ2v) is 11.4. The molecule has 0 aromatic carbocycles. The molecule has 0 bridgehead atoms. The van der Waals surface area contributed by atoms with Crippen LogP contribution in [0.2, 0.25) is 0 Å². The van der Waals surface area contributed by atoms with Crippen LogP contribution in [0.5, 0.6) is 0 Å². The Morgan fingerprint density at radius 1 is 0.684 bits per heavy atom. The van der Waals surface area contributed by atoms with Gasteiger partial charge in [0.25, 0.3) is 0 Å². The van der Waals surface area contributed by atoms with Gasteiger partial charge in [0, 0.05) is 19.4 Å². The quantitative estimate of drug-likeness (QED) is 0.0585. The summed E-state index contributed by atoms with van der Waals surface area (Å²) in [5.74, 6) is -0.846. The summed E-state index contributed by atoms with van der Waals surface area (Å²) in [4.78, 5) is 34.0. The summed E-state index contributed by atoms with van der Waals surface area (Å²) in [6.45, 7) is 3.56. The highest BCUT2D eigenvalue weighted by Crippen LogP contribution is 2.43. The summed E-state index contributed by atoms with van der Waals surface area (Å²) in [6, 6.07) is 0. The lowest BCUT2D eigenvalue weighted by Gasteiger charge is -2.19. The third-order valence-electron chi connectivity index (χ3n) is 6.24. The van der Waals surface area contributed by atoms with Crippen molar-refractivity contribution in [3.8, 4) is 0 Å². The molecule has 0 saturated heterocycles. The molecule has 0 aliphatic carbocycles. The molecule has 0 aliphatic rings. The van der Waals surface area contributed by atoms with Crippen LogP contribution in [0.15, 0.2) is 0 Å². The predicted octanol–water partition coefficient (Wildman–Crippen LogP) is 6.99. The number of unbranched alkanes of at least 4 members (excludes halogenated alkanes) is 15. The van der Waals surface area contributed by atoms with Crippen molar-refractivity contribution in [2.45, 2.75) is 142 Å². The van der Waals surface area contributed by atoms with Gasteiger partial charge in [-0.2, -0.15) is 0 Å². The summed E-state index contributed by atoms with van der Waals surface area (Å²) in [5, 5.41) is 0. The first-order valence-corrected chi connectivity index (χ1v) is 16.5. The van der Waals surface area contributed by atoms with Crippen molar-refractivity contribution in [3.63, 3.8) is 0 Å². The van der Waals surface area contributed by atoms with Gasteiger partial charge in [0.05, 0.1) is 13.2 Å². The molecule has 0 aliphatic heterocycles. The third kappa shape index (κ3) is 25.3. The standard InChI is InChI=1S/C28H56NO8P/c1-3-5-7-9-10-11-12-13-14-15-16-17-19-20-27(30)34-24-26(25-36-38(32,33)35-23-22-29)37-28(31)21-18-8-6-4-2/h26H,3-25,29H2,1-2H3,(H,32,33)/t26-/m1/s1. The van der Waals surface area contributed by atoms with Crippen molar-refractivity contribution in [3.05, 3.63) is 0 Å². The zero-order valence-electron chi connectivity index (χ0n) is 24.2. The molecule has 0 saturated carbocycles. The van der Waals surface area contributed by atoms with E-state index < -0.39 is 26.5 Å². The summed E-state index contributed by atoms with van der Waals surface area (Å²) in [7, 11) is -4.34. The average molecular weight is 566 g/mol. The zero-order chi connectivity index (χ0) is 28.3. The number of nitrogens with two attached hydrogens (primary N) is 1. The number of rotatable bonds is 28. The largest absolute Gasteiger partial charge is 0.472 e. The monoisotopic (exact) mass is 565 g/mol. The van der Waals surface area contributed by atoms with E-state index in [1.807, 2.05) is 0 Å². The Hall–Kier alpha value is -0.990. The van der Waals surface area contributed by atoms with Crippen LogP contribution in [0, 0.1) is 0 Å². The van der Waals surface area contributed by atoms with Crippen LogP contribution in [-0.4, -0.2) is 49.3 Å². The molecule has 0 heterocycles. The molecule has 38 heavy (non-hydrogen) atoms. The Labute approximate surface area is 231 Å². The lowest BCUT2D eigenvalue weighted by Crippen LogP contribution is -2.29. The van der Waals surface area contributed by atoms with Crippen LogP contribution in [0.3, 0.4) is 0 Å². The summed E-state index contributed by atoms with van der Waals surface area (Å²) in [6.07, 6.45) is 19.1. The summed E-state index contributed by atoms with van der Waals surface area (Å²) >= 11 is 0. The molecular formula is C28H56NO8P. The molecule has 0 radical (unpaired) electrons. The average Bonchev–Trinajstić information content (AvgIpc) is 2.89. The van der Waals surface area contributed by atoms with E-state index in [0.717, 1.165) is 38.5 Å². The SMILES string of the molecule is CCCCCCCCCCCCCCCC(=O)OC[C@H](COP(=O)(O)OCCN)OC(=O)CCCCCC. The first-order valence-electron chi connectivity index (χ1n) is 15.0.